The van der Waals surface area contributed by atoms with E-state index in [0.717, 1.165) is 30.7 Å². The normalized spacial score (nSPS) is 20.3. The highest BCUT2D eigenvalue weighted by molar-refractivity contribution is 9.10. The summed E-state index contributed by atoms with van der Waals surface area (Å²) in [6.45, 7) is 6.22. The molecule has 1 heterocycles. The predicted molar refractivity (Wildman–Crippen MR) is 78.2 cm³/mol. The lowest BCUT2D eigenvalue weighted by Gasteiger charge is -2.32. The van der Waals surface area contributed by atoms with Gasteiger partial charge in [0.05, 0.1) is 12.7 Å². The van der Waals surface area contributed by atoms with Crippen LogP contribution < -0.4 is 5.32 Å². The van der Waals surface area contributed by atoms with Gasteiger partial charge in [0.2, 0.25) is 0 Å². The number of hydrogen-bond acceptors (Lipinski definition) is 4. The van der Waals surface area contributed by atoms with Crippen molar-refractivity contribution >= 4 is 21.9 Å². The maximum absolute atomic E-state index is 11.4. The molecule has 5 heteroatoms. The smallest absolute Gasteiger partial charge is 0.337 e. The summed E-state index contributed by atoms with van der Waals surface area (Å²) in [5, 5.41) is 3.43. The molecule has 0 saturated carbocycles. The first-order chi connectivity index (χ1) is 9.10. The number of halogens is 1. The van der Waals surface area contributed by atoms with Crippen LogP contribution in [-0.4, -0.2) is 43.7 Å². The van der Waals surface area contributed by atoms with E-state index < -0.39 is 0 Å². The summed E-state index contributed by atoms with van der Waals surface area (Å²) in [5.41, 5.74) is 1.77. The number of nitrogens with zero attached hydrogens (tertiary/aromatic N) is 1. The molecule has 104 valence electrons. The van der Waals surface area contributed by atoms with Crippen LogP contribution in [0.3, 0.4) is 0 Å². The van der Waals surface area contributed by atoms with Crippen molar-refractivity contribution in [2.75, 3.05) is 26.7 Å². The Morgan fingerprint density at radius 2 is 2.37 bits per heavy atom. The van der Waals surface area contributed by atoms with Crippen molar-refractivity contribution in [3.63, 3.8) is 0 Å². The van der Waals surface area contributed by atoms with Crippen LogP contribution in [0, 0.1) is 0 Å². The monoisotopic (exact) mass is 326 g/mol. The first-order valence-electron chi connectivity index (χ1n) is 6.42. The molecule has 0 amide bonds. The number of piperazine rings is 1. The third kappa shape index (κ3) is 3.78. The molecule has 1 unspecified atom stereocenters. The molecule has 1 aromatic carbocycles. The third-order valence-corrected chi connectivity index (χ3v) is 4.06. The van der Waals surface area contributed by atoms with Crippen molar-refractivity contribution < 1.29 is 9.53 Å². The lowest BCUT2D eigenvalue weighted by atomic mass is 10.1. The number of benzene rings is 1. The van der Waals surface area contributed by atoms with Crippen molar-refractivity contribution in [1.82, 2.24) is 10.2 Å². The van der Waals surface area contributed by atoms with Gasteiger partial charge in [0, 0.05) is 36.7 Å². The summed E-state index contributed by atoms with van der Waals surface area (Å²) < 4.78 is 5.68. The molecule has 0 aromatic heterocycles. The molecule has 0 spiro atoms. The summed E-state index contributed by atoms with van der Waals surface area (Å²) in [6.07, 6.45) is 0. The Balaban J connectivity index is 2.06. The van der Waals surface area contributed by atoms with Gasteiger partial charge in [0.15, 0.2) is 0 Å². The van der Waals surface area contributed by atoms with E-state index in [4.69, 9.17) is 4.74 Å². The Labute approximate surface area is 122 Å². The summed E-state index contributed by atoms with van der Waals surface area (Å²) in [4.78, 5) is 13.9. The van der Waals surface area contributed by atoms with Crippen molar-refractivity contribution in [3.8, 4) is 0 Å². The van der Waals surface area contributed by atoms with E-state index >= 15 is 0 Å². The highest BCUT2D eigenvalue weighted by Crippen LogP contribution is 2.21. The van der Waals surface area contributed by atoms with Crippen LogP contribution in [0.2, 0.25) is 0 Å². The standard InChI is InChI=1S/C14H19BrN2O2/c1-10-8-17(6-5-16-10)9-12-4-3-11(7-13(12)15)14(18)19-2/h3-4,7,10,16H,5-6,8-9H2,1-2H3. The van der Waals surface area contributed by atoms with E-state index in [1.54, 1.807) is 0 Å². The zero-order chi connectivity index (χ0) is 13.8. The minimum absolute atomic E-state index is 0.303. The van der Waals surface area contributed by atoms with Crippen molar-refractivity contribution in [2.24, 2.45) is 0 Å². The number of methoxy groups -OCH3 is 1. The van der Waals surface area contributed by atoms with E-state index in [1.165, 1.54) is 12.7 Å². The summed E-state index contributed by atoms with van der Waals surface area (Å²) >= 11 is 3.54. The molecule has 1 aliphatic heterocycles. The second kappa shape index (κ2) is 6.50. The van der Waals surface area contributed by atoms with Crippen molar-refractivity contribution in [3.05, 3.63) is 33.8 Å². The minimum Gasteiger partial charge on any atom is -0.465 e. The fourth-order valence-corrected chi connectivity index (χ4v) is 2.82. The average molecular weight is 327 g/mol. The molecule has 0 bridgehead atoms. The molecule has 1 aromatic rings. The van der Waals surface area contributed by atoms with Gasteiger partial charge in [0.25, 0.3) is 0 Å². The lowest BCUT2D eigenvalue weighted by Crippen LogP contribution is -2.48. The number of carbonyl (C=O) groups excluding carboxylic acids is 1. The summed E-state index contributed by atoms with van der Waals surface area (Å²) in [7, 11) is 1.40. The Morgan fingerprint density at radius 3 is 3.00 bits per heavy atom. The molecule has 1 saturated heterocycles. The van der Waals surface area contributed by atoms with Gasteiger partial charge in [0.1, 0.15) is 0 Å². The molecule has 1 N–H and O–H groups in total. The average Bonchev–Trinajstić information content (AvgIpc) is 2.40. The number of esters is 1. The second-order valence-corrected chi connectivity index (χ2v) is 5.74. The Hall–Kier alpha value is -0.910. The van der Waals surface area contributed by atoms with Gasteiger partial charge in [-0.3, -0.25) is 4.90 Å². The first-order valence-corrected chi connectivity index (χ1v) is 7.22. The van der Waals surface area contributed by atoms with E-state index in [0.29, 0.717) is 11.6 Å². The minimum atomic E-state index is -0.303. The number of rotatable bonds is 3. The number of ether oxygens (including phenoxy) is 1. The predicted octanol–water partition coefficient (Wildman–Crippen LogP) is 2.03. The molecule has 2 rings (SSSR count). The summed E-state index contributed by atoms with van der Waals surface area (Å²) in [5.74, 6) is -0.303. The second-order valence-electron chi connectivity index (χ2n) is 4.89. The fraction of sp³-hybridized carbons (Fsp3) is 0.500. The molecular weight excluding hydrogens is 308 g/mol. The van der Waals surface area contributed by atoms with Gasteiger partial charge in [-0.05, 0) is 24.6 Å². The fourth-order valence-electron chi connectivity index (χ4n) is 2.32. The molecular formula is C14H19BrN2O2. The van der Waals surface area contributed by atoms with Crippen LogP contribution in [0.5, 0.6) is 0 Å². The largest absolute Gasteiger partial charge is 0.465 e. The Bertz CT molecular complexity index is 465. The molecule has 1 fully saturated rings. The van der Waals surface area contributed by atoms with Crippen LogP contribution in [-0.2, 0) is 11.3 Å². The van der Waals surface area contributed by atoms with Crippen molar-refractivity contribution in [2.45, 2.75) is 19.5 Å². The van der Waals surface area contributed by atoms with Gasteiger partial charge in [-0.25, -0.2) is 4.79 Å². The highest BCUT2D eigenvalue weighted by Gasteiger charge is 2.17. The van der Waals surface area contributed by atoms with Gasteiger partial charge >= 0.3 is 5.97 Å². The van der Waals surface area contributed by atoms with Gasteiger partial charge in [-0.2, -0.15) is 0 Å². The number of carbonyl (C=O) groups is 1. The van der Waals surface area contributed by atoms with Gasteiger partial charge in [-0.1, -0.05) is 22.0 Å². The zero-order valence-electron chi connectivity index (χ0n) is 11.3. The number of hydrogen-bond donors (Lipinski definition) is 1. The molecule has 0 radical (unpaired) electrons. The van der Waals surface area contributed by atoms with E-state index in [-0.39, 0.29) is 5.97 Å². The van der Waals surface area contributed by atoms with E-state index in [9.17, 15) is 4.79 Å². The Kier molecular flexibility index (Phi) is 4.96. The Morgan fingerprint density at radius 1 is 1.58 bits per heavy atom. The maximum atomic E-state index is 11.4. The van der Waals surface area contributed by atoms with Crippen LogP contribution in [0.15, 0.2) is 22.7 Å². The first kappa shape index (κ1) is 14.5. The molecule has 19 heavy (non-hydrogen) atoms. The van der Waals surface area contributed by atoms with Crippen molar-refractivity contribution in [1.29, 1.82) is 0 Å². The molecule has 4 nitrogen and oxygen atoms in total. The molecule has 1 aliphatic rings. The van der Waals surface area contributed by atoms with Gasteiger partial charge < -0.3 is 10.1 Å². The molecule has 0 aliphatic carbocycles. The quantitative estimate of drug-likeness (QED) is 0.863. The number of nitrogens with one attached hydrogen (secondary N) is 1. The van der Waals surface area contributed by atoms with Crippen LogP contribution in [0.1, 0.15) is 22.8 Å². The van der Waals surface area contributed by atoms with E-state index in [2.05, 4.69) is 33.1 Å². The van der Waals surface area contributed by atoms with Crippen LogP contribution in [0.4, 0.5) is 0 Å². The lowest BCUT2D eigenvalue weighted by molar-refractivity contribution is 0.0600. The highest BCUT2D eigenvalue weighted by atomic mass is 79.9. The van der Waals surface area contributed by atoms with Crippen LogP contribution in [0.25, 0.3) is 0 Å². The topological polar surface area (TPSA) is 41.6 Å². The molecule has 1 atom stereocenters. The third-order valence-electron chi connectivity index (χ3n) is 3.32. The zero-order valence-corrected chi connectivity index (χ0v) is 12.9. The van der Waals surface area contributed by atoms with Gasteiger partial charge in [-0.15, -0.1) is 0 Å². The van der Waals surface area contributed by atoms with E-state index in [1.807, 2.05) is 18.2 Å². The summed E-state index contributed by atoms with van der Waals surface area (Å²) in [6, 6.07) is 6.16. The van der Waals surface area contributed by atoms with Crippen LogP contribution >= 0.6 is 15.9 Å². The SMILES string of the molecule is COC(=O)c1ccc(CN2CCNC(C)C2)c(Br)c1. The maximum Gasteiger partial charge on any atom is 0.337 e.